The molecule has 0 saturated carbocycles. The van der Waals surface area contributed by atoms with Crippen LogP contribution in [0.25, 0.3) is 0 Å². The number of hydrogen-bond donors (Lipinski definition) is 0. The minimum atomic E-state index is -3.98. The van der Waals surface area contributed by atoms with Gasteiger partial charge in [0.1, 0.15) is 22.0 Å². The zero-order valence-electron chi connectivity index (χ0n) is 15.1. The standard InChI is InChI=1S/C18H19FN2O6S/c1-13-14(6-11-26-13)18(23)27-12-17(22)20-7-9-21(10-8-20)28(24,25)16-5-3-2-4-15(16)19/h2-6,11H,7-10,12H2,1H3. The number of halogens is 1. The largest absolute Gasteiger partial charge is 0.469 e. The van der Waals surface area contributed by atoms with Gasteiger partial charge in [0.05, 0.1) is 6.26 Å². The number of furan rings is 1. The van der Waals surface area contributed by atoms with Crippen LogP contribution in [0.15, 0.2) is 45.9 Å². The SMILES string of the molecule is Cc1occc1C(=O)OCC(=O)N1CCN(S(=O)(=O)c2ccccc2F)CC1. The lowest BCUT2D eigenvalue weighted by Crippen LogP contribution is -2.51. The molecule has 28 heavy (non-hydrogen) atoms. The first-order valence-electron chi connectivity index (χ1n) is 8.54. The number of rotatable bonds is 5. The summed E-state index contributed by atoms with van der Waals surface area (Å²) in [6.07, 6.45) is 1.35. The van der Waals surface area contributed by atoms with Crippen molar-refractivity contribution in [1.82, 2.24) is 9.21 Å². The molecule has 1 aromatic carbocycles. The molecule has 1 aliphatic rings. The maximum atomic E-state index is 13.8. The number of aryl methyl sites for hydroxylation is 1. The Morgan fingerprint density at radius 3 is 2.43 bits per heavy atom. The van der Waals surface area contributed by atoms with E-state index in [1.54, 1.807) is 6.92 Å². The highest BCUT2D eigenvalue weighted by atomic mass is 32.2. The van der Waals surface area contributed by atoms with Crippen LogP contribution < -0.4 is 0 Å². The number of benzene rings is 1. The van der Waals surface area contributed by atoms with Gasteiger partial charge in [-0.3, -0.25) is 4.79 Å². The molecule has 0 aliphatic carbocycles. The highest BCUT2D eigenvalue weighted by Gasteiger charge is 2.32. The van der Waals surface area contributed by atoms with Crippen LogP contribution in [0.3, 0.4) is 0 Å². The van der Waals surface area contributed by atoms with Gasteiger partial charge in [0, 0.05) is 26.2 Å². The predicted molar refractivity (Wildman–Crippen MR) is 95.5 cm³/mol. The summed E-state index contributed by atoms with van der Waals surface area (Å²) in [5, 5.41) is 0. The molecule has 2 aromatic rings. The van der Waals surface area contributed by atoms with Crippen LogP contribution in [-0.4, -0.2) is 62.3 Å². The molecule has 2 heterocycles. The number of esters is 1. The second-order valence-corrected chi connectivity index (χ2v) is 8.09. The molecule has 10 heteroatoms. The Hall–Kier alpha value is -2.72. The number of hydrogen-bond acceptors (Lipinski definition) is 6. The average Bonchev–Trinajstić information content (AvgIpc) is 3.12. The van der Waals surface area contributed by atoms with Gasteiger partial charge in [-0.1, -0.05) is 12.1 Å². The van der Waals surface area contributed by atoms with E-state index in [2.05, 4.69) is 0 Å². The van der Waals surface area contributed by atoms with Gasteiger partial charge in [-0.15, -0.1) is 0 Å². The van der Waals surface area contributed by atoms with Crippen LogP contribution in [0.4, 0.5) is 4.39 Å². The first-order chi connectivity index (χ1) is 13.3. The van der Waals surface area contributed by atoms with E-state index in [1.165, 1.54) is 35.4 Å². The monoisotopic (exact) mass is 410 g/mol. The van der Waals surface area contributed by atoms with E-state index >= 15 is 0 Å². The molecular weight excluding hydrogens is 391 g/mol. The Bertz CT molecular complexity index is 979. The van der Waals surface area contributed by atoms with Crippen molar-refractivity contribution in [2.24, 2.45) is 0 Å². The number of sulfonamides is 1. The Balaban J connectivity index is 1.55. The molecule has 0 bridgehead atoms. The topological polar surface area (TPSA) is 97.1 Å². The molecule has 0 radical (unpaired) electrons. The predicted octanol–water partition coefficient (Wildman–Crippen LogP) is 1.42. The lowest BCUT2D eigenvalue weighted by molar-refractivity contribution is -0.135. The van der Waals surface area contributed by atoms with E-state index in [4.69, 9.17) is 9.15 Å². The zero-order valence-corrected chi connectivity index (χ0v) is 15.9. The van der Waals surface area contributed by atoms with E-state index in [0.29, 0.717) is 5.76 Å². The number of ether oxygens (including phenoxy) is 1. The van der Waals surface area contributed by atoms with Gasteiger partial charge in [-0.2, -0.15) is 4.31 Å². The fourth-order valence-electron chi connectivity index (χ4n) is 2.86. The lowest BCUT2D eigenvalue weighted by atomic mass is 10.3. The van der Waals surface area contributed by atoms with Crippen molar-refractivity contribution in [2.75, 3.05) is 32.8 Å². The highest BCUT2D eigenvalue weighted by Crippen LogP contribution is 2.20. The molecule has 1 amide bonds. The third kappa shape index (κ3) is 4.07. The second kappa shape index (κ2) is 8.11. The molecule has 1 fully saturated rings. The summed E-state index contributed by atoms with van der Waals surface area (Å²) in [5.74, 6) is -1.52. The van der Waals surface area contributed by atoms with Crippen molar-refractivity contribution < 1.29 is 31.6 Å². The molecule has 0 spiro atoms. The van der Waals surface area contributed by atoms with E-state index in [1.807, 2.05) is 0 Å². The minimum Gasteiger partial charge on any atom is -0.469 e. The van der Waals surface area contributed by atoms with Crippen molar-refractivity contribution in [3.63, 3.8) is 0 Å². The summed E-state index contributed by atoms with van der Waals surface area (Å²) < 4.78 is 50.1. The smallest absolute Gasteiger partial charge is 0.342 e. The third-order valence-electron chi connectivity index (χ3n) is 4.45. The van der Waals surface area contributed by atoms with Crippen molar-refractivity contribution in [3.05, 3.63) is 53.7 Å². The first kappa shape index (κ1) is 20.0. The minimum absolute atomic E-state index is 0.0250. The van der Waals surface area contributed by atoms with Gasteiger partial charge in [-0.05, 0) is 25.1 Å². The maximum absolute atomic E-state index is 13.8. The van der Waals surface area contributed by atoms with Crippen LogP contribution >= 0.6 is 0 Å². The van der Waals surface area contributed by atoms with Gasteiger partial charge in [-0.25, -0.2) is 17.6 Å². The molecular formula is C18H19FN2O6S. The van der Waals surface area contributed by atoms with Crippen LogP contribution in [0.2, 0.25) is 0 Å². The number of amides is 1. The maximum Gasteiger partial charge on any atom is 0.342 e. The molecule has 0 N–H and O–H groups in total. The fourth-order valence-corrected chi connectivity index (χ4v) is 4.35. The van der Waals surface area contributed by atoms with Crippen LogP contribution in [-0.2, 0) is 19.6 Å². The molecule has 0 atom stereocenters. The molecule has 1 saturated heterocycles. The van der Waals surface area contributed by atoms with E-state index in [0.717, 1.165) is 10.4 Å². The van der Waals surface area contributed by atoms with E-state index in [-0.39, 0.29) is 36.6 Å². The number of carbonyl (C=O) groups excluding carboxylic acids is 2. The Morgan fingerprint density at radius 2 is 1.82 bits per heavy atom. The Morgan fingerprint density at radius 1 is 1.14 bits per heavy atom. The quantitative estimate of drug-likeness (QED) is 0.692. The molecule has 150 valence electrons. The average molecular weight is 410 g/mol. The van der Waals surface area contributed by atoms with Gasteiger partial charge in [0.2, 0.25) is 10.0 Å². The summed E-state index contributed by atoms with van der Waals surface area (Å²) in [6.45, 7) is 1.44. The molecule has 1 aromatic heterocycles. The van der Waals surface area contributed by atoms with Crippen LogP contribution in [0.1, 0.15) is 16.1 Å². The highest BCUT2D eigenvalue weighted by molar-refractivity contribution is 7.89. The Labute approximate surface area is 161 Å². The Kier molecular flexibility index (Phi) is 5.80. The summed E-state index contributed by atoms with van der Waals surface area (Å²) >= 11 is 0. The molecule has 3 rings (SSSR count). The van der Waals surface area contributed by atoms with Crippen molar-refractivity contribution in [2.45, 2.75) is 11.8 Å². The fraction of sp³-hybridized carbons (Fsp3) is 0.333. The second-order valence-electron chi connectivity index (χ2n) is 6.18. The summed E-state index contributed by atoms with van der Waals surface area (Å²) in [7, 11) is -3.98. The van der Waals surface area contributed by atoms with Gasteiger partial charge < -0.3 is 14.1 Å². The first-order valence-corrected chi connectivity index (χ1v) is 9.98. The molecule has 1 aliphatic heterocycles. The lowest BCUT2D eigenvalue weighted by Gasteiger charge is -2.33. The van der Waals surface area contributed by atoms with Crippen molar-refractivity contribution in [3.8, 4) is 0 Å². The molecule has 0 unspecified atom stereocenters. The number of piperazine rings is 1. The van der Waals surface area contributed by atoms with Crippen molar-refractivity contribution in [1.29, 1.82) is 0 Å². The summed E-state index contributed by atoms with van der Waals surface area (Å²) in [5.41, 5.74) is 0.244. The van der Waals surface area contributed by atoms with Crippen LogP contribution in [0.5, 0.6) is 0 Å². The van der Waals surface area contributed by atoms with Gasteiger partial charge >= 0.3 is 5.97 Å². The van der Waals surface area contributed by atoms with Gasteiger partial charge in [0.25, 0.3) is 5.91 Å². The number of carbonyl (C=O) groups is 2. The summed E-state index contributed by atoms with van der Waals surface area (Å²) in [4.78, 5) is 25.2. The van der Waals surface area contributed by atoms with Crippen LogP contribution in [0, 0.1) is 12.7 Å². The number of nitrogens with zero attached hydrogens (tertiary/aromatic N) is 2. The van der Waals surface area contributed by atoms with Gasteiger partial charge in [0.15, 0.2) is 6.61 Å². The van der Waals surface area contributed by atoms with E-state index in [9.17, 15) is 22.4 Å². The zero-order chi connectivity index (χ0) is 20.3. The van der Waals surface area contributed by atoms with E-state index < -0.39 is 34.3 Å². The normalized spacial score (nSPS) is 15.4. The third-order valence-corrected chi connectivity index (χ3v) is 6.38. The van der Waals surface area contributed by atoms with Crippen molar-refractivity contribution >= 4 is 21.9 Å². The molecule has 8 nitrogen and oxygen atoms in total. The summed E-state index contributed by atoms with van der Waals surface area (Å²) in [6, 6.07) is 6.61.